The van der Waals surface area contributed by atoms with E-state index in [9.17, 15) is 18.0 Å². The van der Waals surface area contributed by atoms with Crippen LogP contribution in [0.15, 0.2) is 42.6 Å². The summed E-state index contributed by atoms with van der Waals surface area (Å²) < 4.78 is 54.3. The van der Waals surface area contributed by atoms with Crippen LogP contribution in [0, 0.1) is 0 Å². The summed E-state index contributed by atoms with van der Waals surface area (Å²) in [5, 5.41) is 6.51. The molecule has 0 bridgehead atoms. The van der Waals surface area contributed by atoms with E-state index < -0.39 is 24.8 Å². The number of amides is 2. The molecule has 0 saturated heterocycles. The molecule has 2 amide bonds. The van der Waals surface area contributed by atoms with Crippen LogP contribution in [-0.2, 0) is 0 Å². The van der Waals surface area contributed by atoms with Gasteiger partial charge in [0.1, 0.15) is 5.75 Å². The molecule has 0 radical (unpaired) electrons. The molecule has 3 rings (SSSR count). The van der Waals surface area contributed by atoms with Gasteiger partial charge in [0.2, 0.25) is 5.88 Å². The maximum Gasteiger partial charge on any atom is 0.422 e. The van der Waals surface area contributed by atoms with E-state index in [1.807, 2.05) is 0 Å². The van der Waals surface area contributed by atoms with E-state index in [1.54, 1.807) is 36.4 Å². The molecule has 0 aliphatic heterocycles. The van der Waals surface area contributed by atoms with Crippen LogP contribution in [-0.4, -0.2) is 58.8 Å². The maximum atomic E-state index is 12.6. The number of hydrogen-bond donors (Lipinski definition) is 2. The smallest absolute Gasteiger partial charge is 0.422 e. The monoisotopic (exact) mass is 466 g/mol. The van der Waals surface area contributed by atoms with Crippen molar-refractivity contribution in [2.45, 2.75) is 12.6 Å². The number of carbonyl (C=O) groups is 1. The standard InChI is InChI=1S/C20H21F3N6O4/c1-31-16-8-5-14(11-26-16)29-17(27-19(28-29)33-12-20(21,22)23)13-3-6-15(7-4-13)32-10-2-9-25-18(24)30/h3-8,11H,2,9-10,12H2,1H3,(H3,24,25,30). The molecule has 2 heterocycles. The van der Waals surface area contributed by atoms with E-state index >= 15 is 0 Å². The summed E-state index contributed by atoms with van der Waals surface area (Å²) in [6.07, 6.45) is -2.52. The Hall–Kier alpha value is -4.03. The van der Waals surface area contributed by atoms with Crippen LogP contribution in [0.1, 0.15) is 6.42 Å². The number of rotatable bonds is 10. The number of methoxy groups -OCH3 is 1. The third kappa shape index (κ3) is 6.98. The van der Waals surface area contributed by atoms with Gasteiger partial charge in [0.25, 0.3) is 0 Å². The maximum absolute atomic E-state index is 12.6. The number of primary amides is 1. The first kappa shape index (κ1) is 23.6. The van der Waals surface area contributed by atoms with Crippen LogP contribution in [0.4, 0.5) is 18.0 Å². The number of ether oxygens (including phenoxy) is 3. The van der Waals surface area contributed by atoms with Gasteiger partial charge in [-0.15, -0.1) is 5.10 Å². The molecule has 10 nitrogen and oxygen atoms in total. The van der Waals surface area contributed by atoms with Gasteiger partial charge in [-0.3, -0.25) is 0 Å². The molecular formula is C20H21F3N6O4. The molecule has 0 unspecified atom stereocenters. The Bertz CT molecular complexity index is 1060. The van der Waals surface area contributed by atoms with Gasteiger partial charge in [0.15, 0.2) is 12.4 Å². The molecular weight excluding hydrogens is 445 g/mol. The largest absolute Gasteiger partial charge is 0.494 e. The molecule has 3 aromatic rings. The Kier molecular flexibility index (Phi) is 7.53. The van der Waals surface area contributed by atoms with Crippen LogP contribution in [0.3, 0.4) is 0 Å². The van der Waals surface area contributed by atoms with Crippen LogP contribution in [0.25, 0.3) is 17.1 Å². The number of carbonyl (C=O) groups excluding carboxylic acids is 1. The van der Waals surface area contributed by atoms with E-state index in [0.717, 1.165) is 0 Å². The van der Waals surface area contributed by atoms with Gasteiger partial charge < -0.3 is 25.3 Å². The highest BCUT2D eigenvalue weighted by Gasteiger charge is 2.29. The van der Waals surface area contributed by atoms with Crippen LogP contribution < -0.4 is 25.3 Å². The number of hydrogen-bond acceptors (Lipinski definition) is 7. The van der Waals surface area contributed by atoms with E-state index in [1.165, 1.54) is 18.0 Å². The first-order chi connectivity index (χ1) is 15.7. The first-order valence-corrected chi connectivity index (χ1v) is 9.69. The van der Waals surface area contributed by atoms with Crippen LogP contribution >= 0.6 is 0 Å². The van der Waals surface area contributed by atoms with Gasteiger partial charge in [0.05, 0.1) is 25.6 Å². The summed E-state index contributed by atoms with van der Waals surface area (Å²) in [6.45, 7) is -0.787. The molecule has 0 atom stereocenters. The van der Waals surface area contributed by atoms with Crippen molar-refractivity contribution in [1.82, 2.24) is 25.1 Å². The highest BCUT2D eigenvalue weighted by molar-refractivity contribution is 5.71. The average molecular weight is 466 g/mol. The lowest BCUT2D eigenvalue weighted by Gasteiger charge is -2.08. The number of nitrogens with one attached hydrogen (secondary N) is 1. The van der Waals surface area contributed by atoms with Crippen molar-refractivity contribution < 1.29 is 32.2 Å². The number of alkyl halides is 3. The minimum Gasteiger partial charge on any atom is -0.494 e. The molecule has 0 spiro atoms. The number of nitrogens with zero attached hydrogens (tertiary/aromatic N) is 4. The van der Waals surface area contributed by atoms with Crippen molar-refractivity contribution >= 4 is 6.03 Å². The lowest BCUT2D eigenvalue weighted by molar-refractivity contribution is -0.154. The number of nitrogens with two attached hydrogens (primary N) is 1. The van der Waals surface area contributed by atoms with Crippen molar-refractivity contribution in [2.75, 3.05) is 26.9 Å². The molecule has 1 aromatic carbocycles. The molecule has 13 heteroatoms. The average Bonchev–Trinajstić information content (AvgIpc) is 3.22. The molecule has 176 valence electrons. The van der Waals surface area contributed by atoms with E-state index in [4.69, 9.17) is 19.9 Å². The molecule has 0 saturated carbocycles. The zero-order valence-corrected chi connectivity index (χ0v) is 17.5. The van der Waals surface area contributed by atoms with Crippen molar-refractivity contribution in [3.05, 3.63) is 42.6 Å². The zero-order valence-electron chi connectivity index (χ0n) is 17.5. The topological polar surface area (TPSA) is 126 Å². The fraction of sp³-hybridized carbons (Fsp3) is 0.300. The number of benzene rings is 1. The molecule has 0 aliphatic carbocycles. The molecule has 0 fully saturated rings. The Labute approximate surface area is 186 Å². The number of aromatic nitrogens is 4. The first-order valence-electron chi connectivity index (χ1n) is 9.69. The summed E-state index contributed by atoms with van der Waals surface area (Å²) in [5.41, 5.74) is 5.99. The Morgan fingerprint density at radius 1 is 1.15 bits per heavy atom. The van der Waals surface area contributed by atoms with Crippen molar-refractivity contribution in [3.8, 4) is 34.7 Å². The Balaban J connectivity index is 1.79. The zero-order chi connectivity index (χ0) is 23.8. The number of urea groups is 1. The summed E-state index contributed by atoms with van der Waals surface area (Å²) in [5.74, 6) is 1.17. The third-order valence-electron chi connectivity index (χ3n) is 4.13. The van der Waals surface area contributed by atoms with Gasteiger partial charge in [-0.2, -0.15) is 18.2 Å². The minimum absolute atomic E-state index is 0.247. The minimum atomic E-state index is -4.53. The second kappa shape index (κ2) is 10.5. The van der Waals surface area contributed by atoms with Crippen molar-refractivity contribution in [2.24, 2.45) is 5.73 Å². The summed E-state index contributed by atoms with van der Waals surface area (Å²) >= 11 is 0. The molecule has 3 N–H and O–H groups in total. The predicted octanol–water partition coefficient (Wildman–Crippen LogP) is 2.72. The second-order valence-electron chi connectivity index (χ2n) is 6.61. The number of pyridine rings is 1. The van der Waals surface area contributed by atoms with Gasteiger partial charge in [-0.1, -0.05) is 0 Å². The summed E-state index contributed by atoms with van der Waals surface area (Å²) in [4.78, 5) is 18.8. The van der Waals surface area contributed by atoms with Gasteiger partial charge in [0, 0.05) is 18.2 Å². The second-order valence-corrected chi connectivity index (χ2v) is 6.61. The Morgan fingerprint density at radius 2 is 1.91 bits per heavy atom. The van der Waals surface area contributed by atoms with E-state index in [2.05, 4.69) is 20.4 Å². The fourth-order valence-corrected chi connectivity index (χ4v) is 2.66. The van der Waals surface area contributed by atoms with Gasteiger partial charge in [-0.25, -0.2) is 14.5 Å². The van der Waals surface area contributed by atoms with Gasteiger partial charge >= 0.3 is 18.2 Å². The number of halogens is 3. The fourth-order valence-electron chi connectivity index (χ4n) is 2.66. The lowest BCUT2D eigenvalue weighted by Crippen LogP contribution is -2.30. The van der Waals surface area contributed by atoms with E-state index in [0.29, 0.717) is 42.5 Å². The summed E-state index contributed by atoms with van der Waals surface area (Å²) in [6, 6.07) is 8.91. The summed E-state index contributed by atoms with van der Waals surface area (Å²) in [7, 11) is 1.46. The van der Waals surface area contributed by atoms with Crippen LogP contribution in [0.5, 0.6) is 17.6 Å². The Morgan fingerprint density at radius 3 is 2.52 bits per heavy atom. The molecule has 0 aliphatic rings. The molecule has 33 heavy (non-hydrogen) atoms. The quantitative estimate of drug-likeness (QED) is 0.440. The highest BCUT2D eigenvalue weighted by Crippen LogP contribution is 2.26. The normalized spacial score (nSPS) is 11.2. The third-order valence-corrected chi connectivity index (χ3v) is 4.13. The molecule has 2 aromatic heterocycles. The highest BCUT2D eigenvalue weighted by atomic mass is 19.4. The van der Waals surface area contributed by atoms with Crippen molar-refractivity contribution in [3.63, 3.8) is 0 Å². The predicted molar refractivity (Wildman–Crippen MR) is 110 cm³/mol. The van der Waals surface area contributed by atoms with Crippen molar-refractivity contribution in [1.29, 1.82) is 0 Å². The van der Waals surface area contributed by atoms with E-state index in [-0.39, 0.29) is 5.82 Å². The van der Waals surface area contributed by atoms with Gasteiger partial charge in [-0.05, 0) is 36.8 Å². The SMILES string of the molecule is COc1ccc(-n2nc(OCC(F)(F)F)nc2-c2ccc(OCCCNC(N)=O)cc2)cn1. The van der Waals surface area contributed by atoms with Crippen LogP contribution in [0.2, 0.25) is 0 Å². The lowest BCUT2D eigenvalue weighted by atomic mass is 10.2.